The van der Waals surface area contributed by atoms with E-state index < -0.39 is 0 Å². The number of halogens is 3. The van der Waals surface area contributed by atoms with Crippen LogP contribution in [0.5, 0.6) is 0 Å². The Labute approximate surface area is 144 Å². The quantitative estimate of drug-likeness (QED) is 0.181. The highest BCUT2D eigenvalue weighted by Crippen LogP contribution is 2.35. The number of hydrogen-bond acceptors (Lipinski definition) is 0. The van der Waals surface area contributed by atoms with Gasteiger partial charge in [-0.2, -0.15) is 0 Å². The molecule has 2 unspecified atom stereocenters. The molecule has 0 N–H and O–H groups in total. The smallest absolute Gasteiger partial charge is 0.0332 e. The highest BCUT2D eigenvalue weighted by Gasteiger charge is 2.18. The summed E-state index contributed by atoms with van der Waals surface area (Å²) >= 11 is 11.2. The predicted octanol–water partition coefficient (Wildman–Crippen LogP) is 7.49. The maximum absolute atomic E-state index is 3.85. The zero-order valence-corrected chi connectivity index (χ0v) is 16.7. The minimum atomic E-state index is 0.340. The van der Waals surface area contributed by atoms with Gasteiger partial charge < -0.3 is 0 Å². The van der Waals surface area contributed by atoms with Crippen molar-refractivity contribution in [3.8, 4) is 0 Å². The lowest BCUT2D eigenvalue weighted by atomic mass is 10.00. The van der Waals surface area contributed by atoms with Crippen LogP contribution in [-0.2, 0) is 0 Å². The molecule has 0 spiro atoms. The summed E-state index contributed by atoms with van der Waals surface area (Å²) in [6.45, 7) is 8.28. The van der Waals surface area contributed by atoms with Gasteiger partial charge in [0.15, 0.2) is 0 Å². The van der Waals surface area contributed by atoms with Crippen LogP contribution in [0, 0.1) is 5.92 Å². The molecule has 0 aliphatic rings. The topological polar surface area (TPSA) is 0 Å². The van der Waals surface area contributed by atoms with Crippen molar-refractivity contribution in [3.05, 3.63) is 33.8 Å². The van der Waals surface area contributed by atoms with Crippen LogP contribution >= 0.6 is 47.8 Å². The van der Waals surface area contributed by atoms with Gasteiger partial charge in [-0.15, -0.1) is 6.58 Å². The van der Waals surface area contributed by atoms with E-state index in [4.69, 9.17) is 0 Å². The summed E-state index contributed by atoms with van der Waals surface area (Å²) in [7, 11) is 0. The fourth-order valence-corrected chi connectivity index (χ4v) is 3.70. The zero-order chi connectivity index (χ0) is 14.7. The number of alkyl halides is 1. The van der Waals surface area contributed by atoms with Gasteiger partial charge in [0.2, 0.25) is 0 Å². The molecule has 0 heterocycles. The molecule has 110 valence electrons. The summed E-state index contributed by atoms with van der Waals surface area (Å²) in [5.74, 6) is 0.394. The summed E-state index contributed by atoms with van der Waals surface area (Å²) in [5, 5.41) is 0. The van der Waals surface area contributed by atoms with Crippen LogP contribution in [-0.4, -0.2) is 4.83 Å². The van der Waals surface area contributed by atoms with Gasteiger partial charge in [-0.25, -0.2) is 0 Å². The minimum Gasteiger partial charge on any atom is -0.102 e. The van der Waals surface area contributed by atoms with E-state index in [1.807, 2.05) is 6.08 Å². The molecule has 0 aromatic carbocycles. The summed E-state index contributed by atoms with van der Waals surface area (Å²) in [6.07, 6.45) is 13.5. The molecule has 2 atom stereocenters. The SMILES string of the molecule is C=CC(Br)CC(C(Br)=CCCC)C(Br)=CCCCC. The molecule has 0 rings (SSSR count). The molecule has 0 amide bonds. The maximum atomic E-state index is 3.85. The van der Waals surface area contributed by atoms with E-state index in [0.29, 0.717) is 10.7 Å². The normalized spacial score (nSPS) is 16.3. The van der Waals surface area contributed by atoms with Crippen molar-refractivity contribution in [3.63, 3.8) is 0 Å². The van der Waals surface area contributed by atoms with Crippen molar-refractivity contribution >= 4 is 47.8 Å². The molecule has 0 saturated carbocycles. The van der Waals surface area contributed by atoms with E-state index in [1.165, 1.54) is 28.2 Å². The average molecular weight is 457 g/mol. The largest absolute Gasteiger partial charge is 0.102 e. The van der Waals surface area contributed by atoms with E-state index in [1.54, 1.807) is 0 Å². The highest BCUT2D eigenvalue weighted by molar-refractivity contribution is 9.12. The van der Waals surface area contributed by atoms with Crippen LogP contribution in [0.4, 0.5) is 0 Å². The fourth-order valence-electron chi connectivity index (χ4n) is 1.69. The molecular weight excluding hydrogens is 432 g/mol. The van der Waals surface area contributed by atoms with Crippen molar-refractivity contribution < 1.29 is 0 Å². The van der Waals surface area contributed by atoms with Crippen LogP contribution in [0.2, 0.25) is 0 Å². The Bertz CT molecular complexity index is 305. The first-order chi connectivity index (χ1) is 9.06. The first-order valence-electron chi connectivity index (χ1n) is 7.04. The zero-order valence-electron chi connectivity index (χ0n) is 12.0. The minimum absolute atomic E-state index is 0.340. The second kappa shape index (κ2) is 12.4. The van der Waals surface area contributed by atoms with Crippen LogP contribution < -0.4 is 0 Å². The Morgan fingerprint density at radius 3 is 2.11 bits per heavy atom. The molecule has 0 radical (unpaired) electrons. The standard InChI is InChI=1S/C16H25Br3/c1-4-7-9-11-16(19)14(12-13(17)6-3)15(18)10-8-5-2/h6,10-11,13-14H,3-5,7-9,12H2,1-2H3. The number of rotatable bonds is 10. The van der Waals surface area contributed by atoms with E-state index in [2.05, 4.69) is 80.4 Å². The Morgan fingerprint density at radius 2 is 1.63 bits per heavy atom. The van der Waals surface area contributed by atoms with Gasteiger partial charge in [0, 0.05) is 10.7 Å². The predicted molar refractivity (Wildman–Crippen MR) is 99.5 cm³/mol. The highest BCUT2D eigenvalue weighted by atomic mass is 79.9. The summed E-state index contributed by atoms with van der Waals surface area (Å²) in [4.78, 5) is 0.340. The molecule has 3 heteroatoms. The molecule has 0 aliphatic carbocycles. The molecule has 0 aliphatic heterocycles. The van der Waals surface area contributed by atoms with E-state index in [0.717, 1.165) is 19.3 Å². The van der Waals surface area contributed by atoms with E-state index in [9.17, 15) is 0 Å². The van der Waals surface area contributed by atoms with Crippen LogP contribution in [0.1, 0.15) is 52.4 Å². The summed E-state index contributed by atoms with van der Waals surface area (Å²) in [6, 6.07) is 0. The molecule has 0 nitrogen and oxygen atoms in total. The molecular formula is C16H25Br3. The molecule has 19 heavy (non-hydrogen) atoms. The third-order valence-corrected chi connectivity index (χ3v) is 5.41. The lowest BCUT2D eigenvalue weighted by molar-refractivity contribution is 0.711. The van der Waals surface area contributed by atoms with Gasteiger partial charge in [-0.1, -0.05) is 99.1 Å². The van der Waals surface area contributed by atoms with Crippen molar-refractivity contribution in [1.82, 2.24) is 0 Å². The third-order valence-electron chi connectivity index (χ3n) is 2.91. The van der Waals surface area contributed by atoms with Crippen molar-refractivity contribution in [1.29, 1.82) is 0 Å². The van der Waals surface area contributed by atoms with Crippen molar-refractivity contribution in [2.24, 2.45) is 5.92 Å². The van der Waals surface area contributed by atoms with Gasteiger partial charge in [0.25, 0.3) is 0 Å². The second-order valence-electron chi connectivity index (χ2n) is 4.65. The fraction of sp³-hybridized carbons (Fsp3) is 0.625. The maximum Gasteiger partial charge on any atom is 0.0332 e. The lowest BCUT2D eigenvalue weighted by Crippen LogP contribution is -2.07. The molecule has 0 aromatic heterocycles. The van der Waals surface area contributed by atoms with E-state index >= 15 is 0 Å². The Morgan fingerprint density at radius 1 is 1.05 bits per heavy atom. The molecule has 0 bridgehead atoms. The Kier molecular flexibility index (Phi) is 12.8. The van der Waals surface area contributed by atoms with Gasteiger partial charge in [0.1, 0.15) is 0 Å². The molecule has 0 aromatic rings. The summed E-state index contributed by atoms with van der Waals surface area (Å²) < 4.78 is 2.56. The third kappa shape index (κ3) is 9.25. The summed E-state index contributed by atoms with van der Waals surface area (Å²) in [5.41, 5.74) is 0. The Hall–Kier alpha value is 0.660. The van der Waals surface area contributed by atoms with Gasteiger partial charge in [-0.05, 0) is 28.2 Å². The number of hydrogen-bond donors (Lipinski definition) is 0. The van der Waals surface area contributed by atoms with Crippen molar-refractivity contribution in [2.45, 2.75) is 57.2 Å². The van der Waals surface area contributed by atoms with Crippen LogP contribution in [0.15, 0.2) is 33.8 Å². The molecule has 0 saturated heterocycles. The van der Waals surface area contributed by atoms with Gasteiger partial charge >= 0.3 is 0 Å². The Balaban J connectivity index is 4.83. The van der Waals surface area contributed by atoms with E-state index in [-0.39, 0.29) is 0 Å². The monoisotopic (exact) mass is 454 g/mol. The van der Waals surface area contributed by atoms with Crippen LogP contribution in [0.25, 0.3) is 0 Å². The first kappa shape index (κ1) is 19.7. The second-order valence-corrected chi connectivity index (χ2v) is 7.66. The molecule has 0 fully saturated rings. The van der Waals surface area contributed by atoms with Crippen molar-refractivity contribution in [2.75, 3.05) is 0 Å². The van der Waals surface area contributed by atoms with Crippen LogP contribution in [0.3, 0.4) is 0 Å². The number of allylic oxidation sites excluding steroid dienone is 5. The van der Waals surface area contributed by atoms with Gasteiger partial charge in [0.05, 0.1) is 0 Å². The first-order valence-corrected chi connectivity index (χ1v) is 9.54. The number of unbranched alkanes of at least 4 members (excludes halogenated alkanes) is 3. The lowest BCUT2D eigenvalue weighted by Gasteiger charge is -2.18. The average Bonchev–Trinajstić information content (AvgIpc) is 2.41. The van der Waals surface area contributed by atoms with Gasteiger partial charge in [-0.3, -0.25) is 0 Å².